The van der Waals surface area contributed by atoms with Gasteiger partial charge in [0.05, 0.1) is 10.6 Å². The molecule has 0 aliphatic rings. The Labute approximate surface area is 97.1 Å². The molecule has 0 atom stereocenters. The van der Waals surface area contributed by atoms with Crippen LogP contribution >= 0.6 is 11.6 Å². The Morgan fingerprint density at radius 3 is 2.41 bits per heavy atom. The molecule has 17 heavy (non-hydrogen) atoms. The Bertz CT molecular complexity index is 487. The van der Waals surface area contributed by atoms with Crippen LogP contribution in [0.4, 0.5) is 13.2 Å². The summed E-state index contributed by atoms with van der Waals surface area (Å²) in [4.78, 5) is 13.8. The van der Waals surface area contributed by atoms with E-state index in [0.29, 0.717) is 12.3 Å². The van der Waals surface area contributed by atoms with Crippen molar-refractivity contribution >= 4 is 23.3 Å². The van der Waals surface area contributed by atoms with Gasteiger partial charge in [-0.1, -0.05) is 16.8 Å². The summed E-state index contributed by atoms with van der Waals surface area (Å²) in [5.41, 5.74) is -2.62. The minimum absolute atomic E-state index is 0.398. The van der Waals surface area contributed by atoms with Crippen LogP contribution in [-0.4, -0.2) is 27.0 Å². The van der Waals surface area contributed by atoms with Gasteiger partial charge in [-0.3, -0.25) is 4.98 Å². The van der Waals surface area contributed by atoms with Crippen LogP contribution in [0.3, 0.4) is 0 Å². The first kappa shape index (κ1) is 13.2. The highest BCUT2D eigenvalue weighted by molar-refractivity contribution is 6.46. The van der Waals surface area contributed by atoms with E-state index in [1.54, 1.807) is 0 Å². The average molecular weight is 269 g/mol. The number of carboxylic acid groups (broad SMARTS) is 1. The average Bonchev–Trinajstić information content (AvgIpc) is 2.19. The number of pyridine rings is 1. The largest absolute Gasteiger partial charge is 0.476 e. The third-order valence-corrected chi connectivity index (χ3v) is 1.98. The summed E-state index contributed by atoms with van der Waals surface area (Å²) in [7, 11) is 0. The zero-order chi connectivity index (χ0) is 13.2. The van der Waals surface area contributed by atoms with Crippen LogP contribution in [0.2, 0.25) is 5.02 Å². The van der Waals surface area contributed by atoms with Crippen LogP contribution in [-0.2, 0) is 11.0 Å². The van der Waals surface area contributed by atoms with E-state index in [1.807, 2.05) is 0 Å². The van der Waals surface area contributed by atoms with Crippen molar-refractivity contribution in [2.75, 3.05) is 0 Å². The first-order chi connectivity index (χ1) is 7.77. The van der Waals surface area contributed by atoms with Gasteiger partial charge < -0.3 is 10.3 Å². The Morgan fingerprint density at radius 1 is 1.47 bits per heavy atom. The summed E-state index contributed by atoms with van der Waals surface area (Å²) >= 11 is 5.44. The summed E-state index contributed by atoms with van der Waals surface area (Å²) in [6.07, 6.45) is -4.25. The van der Waals surface area contributed by atoms with Crippen LogP contribution in [0.1, 0.15) is 11.3 Å². The van der Waals surface area contributed by atoms with Gasteiger partial charge in [0.2, 0.25) is 5.71 Å². The Hall–Kier alpha value is -1.83. The third kappa shape index (κ3) is 2.84. The summed E-state index contributed by atoms with van der Waals surface area (Å²) in [6.45, 7) is 0. The lowest BCUT2D eigenvalue weighted by molar-refractivity contribution is -0.137. The zero-order valence-corrected chi connectivity index (χ0v) is 8.62. The van der Waals surface area contributed by atoms with E-state index in [9.17, 15) is 18.0 Å². The van der Waals surface area contributed by atoms with Gasteiger partial charge in [-0.25, -0.2) is 4.79 Å². The molecule has 2 N–H and O–H groups in total. The van der Waals surface area contributed by atoms with Crippen LogP contribution in [0.25, 0.3) is 0 Å². The normalized spacial score (nSPS) is 12.6. The van der Waals surface area contributed by atoms with Crippen molar-refractivity contribution in [1.82, 2.24) is 4.98 Å². The quantitative estimate of drug-likeness (QED) is 0.488. The number of aromatic nitrogens is 1. The molecule has 0 unspecified atom stereocenters. The number of oxime groups is 1. The monoisotopic (exact) mass is 268 g/mol. The molecule has 5 nitrogen and oxygen atoms in total. The van der Waals surface area contributed by atoms with Crippen molar-refractivity contribution in [3.8, 4) is 0 Å². The maximum atomic E-state index is 12.2. The molecule has 0 radical (unpaired) electrons. The number of carbonyl (C=O) groups is 1. The predicted octanol–water partition coefficient (Wildman–Crippen LogP) is 2.02. The Morgan fingerprint density at radius 2 is 2.06 bits per heavy atom. The smallest absolute Gasteiger partial charge is 0.417 e. The molecule has 0 aromatic carbocycles. The first-order valence-corrected chi connectivity index (χ1v) is 4.33. The van der Waals surface area contributed by atoms with Crippen LogP contribution in [0, 0.1) is 0 Å². The molecule has 1 aromatic rings. The lowest BCUT2D eigenvalue weighted by Gasteiger charge is -2.08. The second kappa shape index (κ2) is 4.58. The van der Waals surface area contributed by atoms with Crippen molar-refractivity contribution < 1.29 is 28.3 Å². The molecule has 1 rings (SSSR count). The predicted molar refractivity (Wildman–Crippen MR) is 50.2 cm³/mol. The highest BCUT2D eigenvalue weighted by Crippen LogP contribution is 2.31. The van der Waals surface area contributed by atoms with Crippen molar-refractivity contribution in [3.05, 3.63) is 28.5 Å². The second-order valence-corrected chi connectivity index (χ2v) is 3.21. The van der Waals surface area contributed by atoms with E-state index in [4.69, 9.17) is 21.9 Å². The number of hydrogen-bond acceptors (Lipinski definition) is 4. The molecule has 1 heterocycles. The fourth-order valence-electron chi connectivity index (χ4n) is 0.959. The summed E-state index contributed by atoms with van der Waals surface area (Å²) in [5.74, 6) is -1.67. The first-order valence-electron chi connectivity index (χ1n) is 3.96. The molecule has 0 saturated carbocycles. The van der Waals surface area contributed by atoms with Crippen molar-refractivity contribution in [2.24, 2.45) is 5.16 Å². The zero-order valence-electron chi connectivity index (χ0n) is 7.86. The minimum atomic E-state index is -4.64. The molecule has 0 fully saturated rings. The molecule has 0 aliphatic carbocycles. The lowest BCUT2D eigenvalue weighted by Crippen LogP contribution is -2.17. The molecule has 0 bridgehead atoms. The minimum Gasteiger partial charge on any atom is -0.476 e. The van der Waals surface area contributed by atoms with Gasteiger partial charge in [0, 0.05) is 6.20 Å². The van der Waals surface area contributed by atoms with Gasteiger partial charge in [0.15, 0.2) is 0 Å². The SMILES string of the molecule is O=C(O)/C(=N\O)c1ncc(C(F)(F)F)cc1Cl. The number of aliphatic carboxylic acids is 1. The fraction of sp³-hybridized carbons (Fsp3) is 0.125. The van der Waals surface area contributed by atoms with E-state index in [-0.39, 0.29) is 0 Å². The van der Waals surface area contributed by atoms with Gasteiger partial charge in [0.1, 0.15) is 5.69 Å². The fourth-order valence-corrected chi connectivity index (χ4v) is 1.21. The van der Waals surface area contributed by atoms with Crippen LogP contribution in [0.15, 0.2) is 17.4 Å². The molecule has 0 amide bonds. The summed E-state index contributed by atoms with van der Waals surface area (Å²) in [6, 6.07) is 0.498. The van der Waals surface area contributed by atoms with Gasteiger partial charge in [-0.15, -0.1) is 0 Å². The highest BCUT2D eigenvalue weighted by Gasteiger charge is 2.32. The Balaban J connectivity index is 3.28. The Kier molecular flexibility index (Phi) is 3.56. The van der Waals surface area contributed by atoms with Crippen molar-refractivity contribution in [1.29, 1.82) is 0 Å². The highest BCUT2D eigenvalue weighted by atomic mass is 35.5. The molecule has 1 aromatic heterocycles. The molecule has 0 aliphatic heterocycles. The molecule has 0 spiro atoms. The number of alkyl halides is 3. The number of hydrogen-bond donors (Lipinski definition) is 2. The van der Waals surface area contributed by atoms with Crippen molar-refractivity contribution in [3.63, 3.8) is 0 Å². The van der Waals surface area contributed by atoms with Gasteiger partial charge in [-0.2, -0.15) is 13.2 Å². The van der Waals surface area contributed by atoms with E-state index < -0.39 is 34.1 Å². The van der Waals surface area contributed by atoms with Crippen molar-refractivity contribution in [2.45, 2.75) is 6.18 Å². The van der Waals surface area contributed by atoms with E-state index in [1.165, 1.54) is 0 Å². The third-order valence-electron chi connectivity index (χ3n) is 1.70. The lowest BCUT2D eigenvalue weighted by atomic mass is 10.2. The maximum absolute atomic E-state index is 12.2. The standard InChI is InChI=1S/C8H4ClF3N2O3/c9-4-1-3(8(10,11)12)2-13-5(4)6(14-17)7(15)16/h1-2,17H,(H,15,16)/b14-6-. The molecular formula is C8H4ClF3N2O3. The number of halogens is 4. The van der Waals surface area contributed by atoms with Crippen LogP contribution in [0.5, 0.6) is 0 Å². The maximum Gasteiger partial charge on any atom is 0.417 e. The number of nitrogens with zero attached hydrogens (tertiary/aromatic N) is 2. The summed E-state index contributed by atoms with van der Waals surface area (Å²) in [5, 5.41) is 18.8. The topological polar surface area (TPSA) is 82.8 Å². The number of carboxylic acids is 1. The number of rotatable bonds is 2. The molecule has 0 saturated heterocycles. The van der Waals surface area contributed by atoms with E-state index in [2.05, 4.69) is 10.1 Å². The van der Waals surface area contributed by atoms with Gasteiger partial charge in [-0.05, 0) is 6.07 Å². The molecule has 92 valence electrons. The molecular weight excluding hydrogens is 265 g/mol. The molecule has 9 heteroatoms. The van der Waals surface area contributed by atoms with Gasteiger partial charge in [0.25, 0.3) is 0 Å². The van der Waals surface area contributed by atoms with Crippen LogP contribution < -0.4 is 0 Å². The van der Waals surface area contributed by atoms with E-state index >= 15 is 0 Å². The van der Waals surface area contributed by atoms with E-state index in [0.717, 1.165) is 0 Å². The van der Waals surface area contributed by atoms with Gasteiger partial charge >= 0.3 is 12.1 Å². The summed E-state index contributed by atoms with van der Waals surface area (Å²) < 4.78 is 36.7. The second-order valence-electron chi connectivity index (χ2n) is 2.81.